The second-order valence-corrected chi connectivity index (χ2v) is 41.3. The molecule has 0 radical (unpaired) electrons. The molecule has 0 saturated carbocycles. The molecular weight excluding hydrogens is 2070 g/mol. The summed E-state index contributed by atoms with van der Waals surface area (Å²) in [6.45, 7) is 1.44. The fourth-order valence-corrected chi connectivity index (χ4v) is 22.3. The number of carboxylic acids is 2. The number of ether oxygens (including phenoxy) is 2. The van der Waals surface area contributed by atoms with E-state index in [2.05, 4.69) is 62.5 Å². The van der Waals surface area contributed by atoms with Crippen LogP contribution in [-0.2, 0) is 153 Å². The van der Waals surface area contributed by atoms with E-state index in [1.165, 1.54) is 19.8 Å². The number of H-pyrrole nitrogens is 2. The Morgan fingerprint density at radius 1 is 0.333 bits per heavy atom. The molecule has 6 unspecified atom stereocenters. The quantitative estimate of drug-likeness (QED) is 0.0244. The smallest absolute Gasteiger partial charge is 0.416 e. The number of carboxylic acid groups (broad SMARTS) is 2. The number of aliphatic carboxylic acids is 2. The van der Waals surface area contributed by atoms with Crippen LogP contribution >= 0.6 is 0 Å². The molecule has 147 heavy (non-hydrogen) atoms. The number of fused-ring (bicyclic) bond motifs is 6. The number of aromatic amines is 2. The number of aromatic nitrogens is 8. The highest BCUT2D eigenvalue weighted by atomic mass is 32.3. The number of hydrogen-bond donors (Lipinski definition) is 10. The number of methoxy groups -OCH3 is 2. The molecule has 10 N–H and O–H groups in total. The summed E-state index contributed by atoms with van der Waals surface area (Å²) in [5, 5.41) is 55.2. The Balaban J connectivity index is 0.000000159. The molecule has 6 aliphatic rings. The van der Waals surface area contributed by atoms with Crippen molar-refractivity contribution in [3.8, 4) is 0 Å². The molecule has 8 heterocycles. The van der Waals surface area contributed by atoms with Crippen molar-refractivity contribution in [2.24, 2.45) is 0 Å². The second-order valence-electron chi connectivity index (χ2n) is 32.7. The third-order valence-corrected chi connectivity index (χ3v) is 30.6. The summed E-state index contributed by atoms with van der Waals surface area (Å²) >= 11 is 0. The van der Waals surface area contributed by atoms with Crippen LogP contribution in [0.4, 0.5) is 64.6 Å². The molecule has 18 rings (SSSR count). The summed E-state index contributed by atoms with van der Waals surface area (Å²) in [5.74, 6) is -8.34. The number of tetrazole rings is 2. The summed E-state index contributed by atoms with van der Waals surface area (Å²) in [5.41, 5.74) is 4.70. The average Bonchev–Trinajstić information content (AvgIpc) is 1.60. The van der Waals surface area contributed by atoms with Crippen molar-refractivity contribution in [1.82, 2.24) is 69.1 Å². The number of nitrogens with zero attached hydrogens (tertiary/aromatic N) is 10. The first kappa shape index (κ1) is 112. The van der Waals surface area contributed by atoms with Crippen molar-refractivity contribution in [1.29, 1.82) is 0 Å². The van der Waals surface area contributed by atoms with E-state index in [4.69, 9.17) is 32.1 Å². The van der Waals surface area contributed by atoms with Crippen molar-refractivity contribution < 1.29 is 152 Å². The Morgan fingerprint density at radius 2 is 0.571 bits per heavy atom. The van der Waals surface area contributed by atoms with Gasteiger partial charge >= 0.3 is 59.0 Å². The van der Waals surface area contributed by atoms with Crippen molar-refractivity contribution in [3.63, 3.8) is 0 Å². The highest BCUT2D eigenvalue weighted by molar-refractivity contribution is 7.90. The fraction of sp³-hybridized carbons (Fsp3) is 0.261. The Bertz CT molecular complexity index is 7220. The maximum absolute atomic E-state index is 13.1. The molecule has 0 saturated heterocycles. The van der Waals surface area contributed by atoms with E-state index in [0.717, 1.165) is 120 Å². The first-order valence-corrected chi connectivity index (χ1v) is 50.3. The van der Waals surface area contributed by atoms with E-state index >= 15 is 0 Å². The lowest BCUT2D eigenvalue weighted by Gasteiger charge is -2.33. The van der Waals surface area contributed by atoms with Gasteiger partial charge in [-0.1, -0.05) is 180 Å². The highest BCUT2D eigenvalue weighted by Crippen LogP contribution is 2.42. The maximum atomic E-state index is 13.1. The lowest BCUT2D eigenvalue weighted by molar-refractivity contribution is -0.143. The SMILES string of the molecule is COC(=O)C1CN(S(=O)(=O)c2cccc(C(F)(F)F)c2)Cc2ccccc21.COC(=O)C1CNCc2ccccc21.O=C(Nc1nn[nH]n1)C1CN(S(=O)(=O)c2cccc(C(F)(F)F)c2)Cc2ccccc21.O=C(Nc1nn[nH]n1)C1CN(S(=O)(=O)c2cccc(C(F)(F)F)c2)Cc2ccccc21.O=C(O)C1CN(S(=O)(=O)c2cccc(C(F)(F)F)c2)Cc2ccccc21.O=C(O)C1CNCc2ccccc21.O=S(=O)(O)O. The Hall–Kier alpha value is -14.3. The Labute approximate surface area is 829 Å². The van der Waals surface area contributed by atoms with E-state index in [1.54, 1.807) is 97.1 Å². The van der Waals surface area contributed by atoms with E-state index in [9.17, 15) is 120 Å². The topological polar surface area (TPSA) is 542 Å². The third-order valence-electron chi connectivity index (χ3n) is 23.4. The summed E-state index contributed by atoms with van der Waals surface area (Å²) in [6, 6.07) is 56.6. The number of carbonyl (C=O) groups excluding carboxylic acids is 4. The zero-order valence-corrected chi connectivity index (χ0v) is 80.3. The van der Waals surface area contributed by atoms with Crippen molar-refractivity contribution >= 4 is 98.1 Å². The minimum atomic E-state index is -4.69. The molecule has 38 nitrogen and oxygen atoms in total. The number of amides is 2. The summed E-state index contributed by atoms with van der Waals surface area (Å²) in [7, 11) is -19.2. The summed E-state index contributed by atoms with van der Waals surface area (Å²) < 4.78 is 305. The molecule has 0 spiro atoms. The molecule has 55 heteroatoms. The van der Waals surface area contributed by atoms with Crippen molar-refractivity contribution in [2.75, 3.05) is 64.1 Å². The van der Waals surface area contributed by atoms with E-state index < -0.39 is 170 Å². The zero-order chi connectivity index (χ0) is 107. The standard InChI is InChI=1S/2C18H15F3N6O3S.C18H16F3NO4S.C17H14F3NO4S.C11H13NO2.C10H11NO2.H2O4S/c2*19-18(20,21)12-5-3-6-13(8-12)31(29,30)27-9-11-4-1-2-7-14(11)15(10-27)16(28)22-17-23-25-26-24-17;1-26-17(23)16-11-22(10-12-5-2-3-8-15(12)16)27(24,25)14-7-4-6-13(9-14)18(19,20)21;18-17(19,20)12-5-3-6-13(8-12)26(24,25)21-9-11-4-1-2-7-14(11)15(10-21)16(22)23;1-14-11(13)10-7-12-6-8-4-2-3-5-9(8)10;12-10(13)9-6-11-5-7-3-1-2-4-8(7)9;1-5(2,3)4/h2*1-8,15H,9-10H2,(H2,22,23,24,25,26,28);2-9,16H,10-11H2,1H3;1-8,15H,9-10H2,(H,22,23);2-5,10,12H,6-7H2,1H3;1-4,9,11H,5-6H2,(H,12,13);(H2,1,2,3,4). The van der Waals surface area contributed by atoms with Crippen molar-refractivity contribution in [3.05, 3.63) is 332 Å². The molecule has 780 valence electrons. The van der Waals surface area contributed by atoms with E-state index in [0.29, 0.717) is 81.9 Å². The predicted molar refractivity (Wildman–Crippen MR) is 494 cm³/mol. The number of carbonyl (C=O) groups is 6. The Kier molecular flexibility index (Phi) is 35.4. The number of nitrogens with one attached hydrogen (secondary N) is 6. The number of halogens is 12. The van der Waals surface area contributed by atoms with Gasteiger partial charge in [0.2, 0.25) is 51.9 Å². The molecule has 0 bridgehead atoms. The maximum Gasteiger partial charge on any atom is 0.416 e. The third kappa shape index (κ3) is 27.9. The minimum absolute atomic E-state index is 0.0394. The van der Waals surface area contributed by atoms with Gasteiger partial charge < -0.3 is 30.3 Å². The largest absolute Gasteiger partial charge is 0.481 e. The van der Waals surface area contributed by atoms with Gasteiger partial charge in [-0.25, -0.2) is 33.7 Å². The number of esters is 2. The molecule has 12 aromatic rings. The van der Waals surface area contributed by atoms with Gasteiger partial charge in [-0.15, -0.1) is 10.2 Å². The van der Waals surface area contributed by atoms with Gasteiger partial charge in [0.1, 0.15) is 0 Å². The van der Waals surface area contributed by atoms with Gasteiger partial charge in [-0.05, 0) is 150 Å². The predicted octanol–water partition coefficient (Wildman–Crippen LogP) is 11.9. The molecule has 0 fully saturated rings. The number of benzene rings is 10. The van der Waals surface area contributed by atoms with Crippen molar-refractivity contribution in [2.45, 2.75) is 119 Å². The van der Waals surface area contributed by atoms with Crippen LogP contribution in [0.5, 0.6) is 0 Å². The van der Waals surface area contributed by atoms with Crippen LogP contribution in [0.15, 0.2) is 262 Å². The second kappa shape index (κ2) is 46.6. The molecule has 10 aromatic carbocycles. The van der Waals surface area contributed by atoms with Crippen LogP contribution in [0, 0.1) is 0 Å². The van der Waals surface area contributed by atoms with Crippen LogP contribution in [-0.4, -0.2) is 209 Å². The van der Waals surface area contributed by atoms with Crippen LogP contribution in [0.3, 0.4) is 0 Å². The van der Waals surface area contributed by atoms with E-state index in [-0.39, 0.29) is 82.1 Å². The van der Waals surface area contributed by atoms with E-state index in [1.807, 2.05) is 48.5 Å². The summed E-state index contributed by atoms with van der Waals surface area (Å²) in [4.78, 5) is 69.7. The number of rotatable bonds is 16. The zero-order valence-electron chi connectivity index (χ0n) is 76.2. The van der Waals surface area contributed by atoms with Crippen LogP contribution in [0.25, 0.3) is 0 Å². The molecule has 2 amide bonds. The minimum Gasteiger partial charge on any atom is -0.481 e. The highest BCUT2D eigenvalue weighted by Gasteiger charge is 2.45. The van der Waals surface area contributed by atoms with Crippen LogP contribution in [0.1, 0.15) is 125 Å². The number of hydrogen-bond acceptors (Lipinski definition) is 26. The molecule has 6 atom stereocenters. The Morgan fingerprint density at radius 3 is 0.844 bits per heavy atom. The normalized spacial score (nSPS) is 17.9. The molecule has 2 aromatic heterocycles. The first-order chi connectivity index (χ1) is 69.2. The monoisotopic (exact) mass is 2150 g/mol. The van der Waals surface area contributed by atoms with Gasteiger partial charge in [-0.3, -0.25) is 48.5 Å². The average molecular weight is 2160 g/mol. The number of alkyl halides is 12. The van der Waals surface area contributed by atoms with Gasteiger partial charge in [0, 0.05) is 78.5 Å². The first-order valence-electron chi connectivity index (χ1n) is 43.2. The molecule has 6 aliphatic heterocycles. The fourth-order valence-electron chi connectivity index (χ4n) is 16.4. The molecule has 0 aliphatic carbocycles. The van der Waals surface area contributed by atoms with Crippen LogP contribution in [0.2, 0.25) is 0 Å². The van der Waals surface area contributed by atoms with Gasteiger partial charge in [-0.2, -0.15) is 88.8 Å². The number of sulfonamides is 4. The molecular formula is C92H86F12N16O22S5. The van der Waals surface area contributed by atoms with Crippen LogP contribution < -0.4 is 21.3 Å². The lowest BCUT2D eigenvalue weighted by atomic mass is 9.90. The van der Waals surface area contributed by atoms with Gasteiger partial charge in [0.05, 0.1) is 91.6 Å². The number of anilines is 2. The lowest BCUT2D eigenvalue weighted by Crippen LogP contribution is -2.42. The summed E-state index contributed by atoms with van der Waals surface area (Å²) in [6.07, 6.45) is -18.7. The van der Waals surface area contributed by atoms with Gasteiger partial charge in [0.25, 0.3) is 11.9 Å². The van der Waals surface area contributed by atoms with Gasteiger partial charge in [0.15, 0.2) is 0 Å².